The zero-order valence-corrected chi connectivity index (χ0v) is 64.6. The number of unbranched alkanes of at least 4 members (excludes halogenated alkanes) is 42. The molecule has 0 spiro atoms. The molecule has 0 aliphatic heterocycles. The van der Waals surface area contributed by atoms with Gasteiger partial charge < -0.3 is 33.8 Å². The van der Waals surface area contributed by atoms with E-state index in [2.05, 4.69) is 48.5 Å². The number of hydrogen-bond donors (Lipinski definition) is 3. The molecule has 6 atom stereocenters. The van der Waals surface area contributed by atoms with Gasteiger partial charge in [-0.15, -0.1) is 0 Å². The number of carbonyl (C=O) groups is 4. The van der Waals surface area contributed by atoms with Crippen molar-refractivity contribution < 1.29 is 80.2 Å². The van der Waals surface area contributed by atoms with Gasteiger partial charge in [-0.3, -0.25) is 37.3 Å². The van der Waals surface area contributed by atoms with Crippen molar-refractivity contribution in [2.45, 2.75) is 414 Å². The van der Waals surface area contributed by atoms with E-state index in [0.29, 0.717) is 25.7 Å². The van der Waals surface area contributed by atoms with Gasteiger partial charge in [0.25, 0.3) is 0 Å². The molecule has 0 bridgehead atoms. The fourth-order valence-electron chi connectivity index (χ4n) is 11.7. The number of aliphatic hydroxyl groups excluding tert-OH is 1. The first-order chi connectivity index (χ1) is 46.3. The van der Waals surface area contributed by atoms with Crippen molar-refractivity contribution in [2.75, 3.05) is 39.6 Å². The zero-order valence-electron chi connectivity index (χ0n) is 62.8. The molecule has 96 heavy (non-hydrogen) atoms. The summed E-state index contributed by atoms with van der Waals surface area (Å²) in [5.74, 6) is 0.172. The van der Waals surface area contributed by atoms with Gasteiger partial charge in [-0.25, -0.2) is 9.13 Å². The minimum atomic E-state index is -4.96. The number of phosphoric ester groups is 2. The van der Waals surface area contributed by atoms with Crippen LogP contribution in [0.5, 0.6) is 0 Å². The minimum absolute atomic E-state index is 0.104. The van der Waals surface area contributed by atoms with Gasteiger partial charge in [-0.2, -0.15) is 0 Å². The fourth-order valence-corrected chi connectivity index (χ4v) is 13.3. The molecule has 570 valence electrons. The lowest BCUT2D eigenvalue weighted by Crippen LogP contribution is -2.30. The Kier molecular flexibility index (Phi) is 66.2. The van der Waals surface area contributed by atoms with E-state index in [1.54, 1.807) is 0 Å². The Morgan fingerprint density at radius 2 is 0.531 bits per heavy atom. The molecule has 3 unspecified atom stereocenters. The van der Waals surface area contributed by atoms with E-state index in [9.17, 15) is 43.2 Å². The predicted octanol–water partition coefficient (Wildman–Crippen LogP) is 22.6. The lowest BCUT2D eigenvalue weighted by molar-refractivity contribution is -0.161. The maximum atomic E-state index is 13.1. The summed E-state index contributed by atoms with van der Waals surface area (Å²) in [5.41, 5.74) is 0. The molecule has 0 aromatic carbocycles. The van der Waals surface area contributed by atoms with Crippen molar-refractivity contribution in [1.29, 1.82) is 0 Å². The van der Waals surface area contributed by atoms with E-state index in [1.807, 2.05) is 0 Å². The van der Waals surface area contributed by atoms with Crippen LogP contribution in [0.1, 0.15) is 395 Å². The third-order valence-corrected chi connectivity index (χ3v) is 20.1. The normalized spacial score (nSPS) is 14.3. The van der Waals surface area contributed by atoms with Gasteiger partial charge in [0, 0.05) is 25.7 Å². The summed E-state index contributed by atoms with van der Waals surface area (Å²) in [6.07, 6.45) is 54.1. The van der Waals surface area contributed by atoms with Crippen molar-refractivity contribution in [3.8, 4) is 0 Å². The van der Waals surface area contributed by atoms with E-state index in [0.717, 1.165) is 108 Å². The maximum Gasteiger partial charge on any atom is 0.472 e. The Labute approximate surface area is 588 Å². The first kappa shape index (κ1) is 94.1. The number of esters is 4. The summed E-state index contributed by atoms with van der Waals surface area (Å²) >= 11 is 0. The third kappa shape index (κ3) is 69.2. The van der Waals surface area contributed by atoms with E-state index >= 15 is 0 Å². The standard InChI is InChI=1S/C77H150O17P2/c1-8-10-11-12-13-14-15-16-17-18-22-25-28-37-44-51-58-74(79)87-64-72(93-76(81)60-53-46-39-29-26-23-20-19-21-24-27-36-43-50-57-70(7)9-2)66-91-95(83,84)89-62-71(78)63-90-96(85,86)92-67-73(94-77(82)61-54-47-40-33-31-35-42-49-56-69(5)6)65-88-75(80)59-52-45-38-32-30-34-41-48-55-68(3)4/h68-73,78H,8-67H2,1-7H3,(H,83,84)(H,85,86)/t70?,71-,72-,73-/m1/s1. The summed E-state index contributed by atoms with van der Waals surface area (Å²) < 4.78 is 68.6. The molecule has 0 saturated heterocycles. The van der Waals surface area contributed by atoms with E-state index < -0.39 is 97.5 Å². The molecule has 0 fully saturated rings. The van der Waals surface area contributed by atoms with Crippen LogP contribution in [0, 0.1) is 17.8 Å². The Morgan fingerprint density at radius 3 is 0.792 bits per heavy atom. The summed E-state index contributed by atoms with van der Waals surface area (Å²) in [4.78, 5) is 72.8. The number of phosphoric acid groups is 2. The summed E-state index contributed by atoms with van der Waals surface area (Å²) in [7, 11) is -9.91. The molecule has 17 nitrogen and oxygen atoms in total. The van der Waals surface area contributed by atoms with Crippen LogP contribution in [0.3, 0.4) is 0 Å². The largest absolute Gasteiger partial charge is 0.472 e. The van der Waals surface area contributed by atoms with Crippen LogP contribution in [0.25, 0.3) is 0 Å². The average Bonchev–Trinajstić information content (AvgIpc) is 2.87. The van der Waals surface area contributed by atoms with Crippen molar-refractivity contribution in [3.05, 3.63) is 0 Å². The molecule has 0 rings (SSSR count). The van der Waals surface area contributed by atoms with Crippen LogP contribution in [0.4, 0.5) is 0 Å². The van der Waals surface area contributed by atoms with E-state index in [4.69, 9.17) is 37.0 Å². The molecule has 19 heteroatoms. The van der Waals surface area contributed by atoms with Crippen molar-refractivity contribution in [2.24, 2.45) is 17.8 Å². The highest BCUT2D eigenvalue weighted by atomic mass is 31.2. The Hall–Kier alpha value is -1.94. The monoisotopic (exact) mass is 1410 g/mol. The molecule has 0 radical (unpaired) electrons. The van der Waals surface area contributed by atoms with E-state index in [1.165, 1.54) is 205 Å². The summed E-state index contributed by atoms with van der Waals surface area (Å²) in [5, 5.41) is 10.6. The lowest BCUT2D eigenvalue weighted by atomic mass is 9.99. The zero-order chi connectivity index (χ0) is 70.9. The SMILES string of the molecule is CCCCCCCCCCCCCCCCCCC(=O)OC[C@H](COP(=O)(O)OC[C@@H](O)COP(=O)(O)OC[C@@H](COC(=O)CCCCCCCCCCC(C)C)OC(=O)CCCCCCCCCCC(C)C)OC(=O)CCCCCCCCCCCCCCCCC(C)CC. The minimum Gasteiger partial charge on any atom is -0.462 e. The molecule has 3 N–H and O–H groups in total. The smallest absolute Gasteiger partial charge is 0.462 e. The quantitative estimate of drug-likeness (QED) is 0.0222. The number of carbonyl (C=O) groups excluding carboxylic acids is 4. The highest BCUT2D eigenvalue weighted by Gasteiger charge is 2.30. The van der Waals surface area contributed by atoms with Crippen molar-refractivity contribution >= 4 is 39.5 Å². The van der Waals surface area contributed by atoms with Gasteiger partial charge >= 0.3 is 39.5 Å². The van der Waals surface area contributed by atoms with E-state index in [-0.39, 0.29) is 25.7 Å². The lowest BCUT2D eigenvalue weighted by Gasteiger charge is -2.21. The molecular weight excluding hydrogens is 1260 g/mol. The number of hydrogen-bond acceptors (Lipinski definition) is 15. The second kappa shape index (κ2) is 67.5. The van der Waals surface area contributed by atoms with Gasteiger partial charge in [0.2, 0.25) is 0 Å². The molecular formula is C77H150O17P2. The van der Waals surface area contributed by atoms with Crippen LogP contribution < -0.4 is 0 Å². The highest BCUT2D eigenvalue weighted by Crippen LogP contribution is 2.45. The molecule has 0 saturated carbocycles. The van der Waals surface area contributed by atoms with Gasteiger partial charge in [0.05, 0.1) is 26.4 Å². The molecule has 0 aromatic rings. The van der Waals surface area contributed by atoms with Crippen LogP contribution >= 0.6 is 15.6 Å². The third-order valence-electron chi connectivity index (χ3n) is 18.2. The first-order valence-electron chi connectivity index (χ1n) is 39.9. The van der Waals surface area contributed by atoms with Crippen molar-refractivity contribution in [3.63, 3.8) is 0 Å². The Bertz CT molecular complexity index is 1870. The van der Waals surface area contributed by atoms with Gasteiger partial charge in [0.15, 0.2) is 12.2 Å². The predicted molar refractivity (Wildman–Crippen MR) is 391 cm³/mol. The van der Waals surface area contributed by atoms with Gasteiger partial charge in [-0.1, -0.05) is 344 Å². The maximum absolute atomic E-state index is 13.1. The topological polar surface area (TPSA) is 237 Å². The second-order valence-corrected chi connectivity index (χ2v) is 31.8. The Balaban J connectivity index is 5.24. The van der Waals surface area contributed by atoms with Gasteiger partial charge in [-0.05, 0) is 43.4 Å². The summed E-state index contributed by atoms with van der Waals surface area (Å²) in [6.45, 7) is 11.9. The number of ether oxygens (including phenoxy) is 4. The fraction of sp³-hybridized carbons (Fsp3) is 0.948. The first-order valence-corrected chi connectivity index (χ1v) is 42.9. The van der Waals surface area contributed by atoms with Crippen LogP contribution in [0.2, 0.25) is 0 Å². The Morgan fingerprint density at radius 1 is 0.302 bits per heavy atom. The van der Waals surface area contributed by atoms with Crippen LogP contribution in [0.15, 0.2) is 0 Å². The number of aliphatic hydroxyl groups is 1. The molecule has 0 amide bonds. The second-order valence-electron chi connectivity index (χ2n) is 28.9. The van der Waals surface area contributed by atoms with Crippen LogP contribution in [-0.4, -0.2) is 96.7 Å². The average molecular weight is 1410 g/mol. The van der Waals surface area contributed by atoms with Crippen LogP contribution in [-0.2, 0) is 65.4 Å². The molecule has 0 aliphatic carbocycles. The molecule has 0 heterocycles. The summed E-state index contributed by atoms with van der Waals surface area (Å²) in [6, 6.07) is 0. The van der Waals surface area contributed by atoms with Crippen molar-refractivity contribution in [1.82, 2.24) is 0 Å². The van der Waals surface area contributed by atoms with Gasteiger partial charge in [0.1, 0.15) is 19.3 Å². The molecule has 0 aromatic heterocycles. The number of rotatable bonds is 75. The molecule has 0 aliphatic rings. The highest BCUT2D eigenvalue weighted by molar-refractivity contribution is 7.47.